The Morgan fingerprint density at radius 3 is 1.21 bits per heavy atom. The number of fused-ring (bicyclic) bond motifs is 8. The number of carbonyl (C=O) groups excluding carboxylic acids is 5. The average molecular weight is 2110 g/mol. The van der Waals surface area contributed by atoms with Crippen LogP contribution in [0.3, 0.4) is 0 Å². The number of benzene rings is 4. The molecule has 1 aliphatic carbocycles. The molecular formula is C99H106ClF15N24O8S. The van der Waals surface area contributed by atoms with Crippen LogP contribution in [0, 0.1) is 54.3 Å². The highest BCUT2D eigenvalue weighted by atomic mass is 35.5. The number of amides is 4. The standard InChI is InChI=1S/C26H28ClF3N6O2.C26H29F3N6O2.C24H24F6N6O.C23H25F3N6O3S/c1-3-4-21(37)16-5-6-18-20(11-16)31-12-19(27)23(18)34-8-7-17(15(2)13-34)24(38)35-9-10-36-22(14-35)32-33-25(36)26(28,29)30;1-15-13-33(23-19-6-5-17(37-2)11-21(19)30-12-20(23)16-3-4-16)8-7-18(15)24(36)34-9-10-35-22(14-34)31-32-25(35)26(27,28)29;1-13-10-31-18-9-15(23(25,26)27)3-4-17(18)20(13)34-6-5-16(14(2)11-34)21(37)35-7-8-36-19(12-35)32-33-22(36)24(28,29)30;1-14-12-30(19-5-7-27-18-11-15(36(2,34)35)3-4-17(18)19)8-6-16(14)21(33)31-9-10-32-20(13-31)28-29-22(32)23(24,25)26/h5-6,11-12,15,17H,3-4,7-10,13-14H2,1-2H3;5-6,11-12,15-16,18H,3-4,7-10,13-14H2,1-2H3;3-4,9-10,14,16H,5-8,11-12H2,1-2H3;3-5,7,11,14,16H,6,8-10,12-13H2,1-2H3/t15-,17+;15-,18+;2*14-,16+/m1111/s1. The molecule has 788 valence electrons. The van der Waals surface area contributed by atoms with Gasteiger partial charge in [0.05, 0.1) is 87.9 Å². The van der Waals surface area contributed by atoms with E-state index in [9.17, 15) is 98.2 Å². The lowest BCUT2D eigenvalue weighted by Gasteiger charge is -2.41. The van der Waals surface area contributed by atoms with E-state index in [1.165, 1.54) is 22.2 Å². The van der Waals surface area contributed by atoms with Crippen LogP contribution in [-0.4, -0.2) is 228 Å². The molecule has 12 aromatic rings. The first kappa shape index (κ1) is 105. The average Bonchev–Trinajstić information content (AvgIpc) is 1.62. The Bertz CT molecular complexity index is 7210. The van der Waals surface area contributed by atoms with E-state index in [4.69, 9.17) is 21.3 Å². The largest absolute Gasteiger partial charge is 0.497 e. The summed E-state index contributed by atoms with van der Waals surface area (Å²) in [6.07, 6.45) is -8.94. The molecule has 0 spiro atoms. The SMILES string of the molecule is CCCC(=O)c1ccc2c(N3CC[C@H](C(=O)N4CCn5c(nnc5C(F)(F)F)C4)[C@H](C)C3)c(Cl)cnc2c1.COc1ccc2c(N3CC[C@H](C(=O)N4CCn5c(nnc5C(F)(F)F)C4)[C@H](C)C3)c(C3CC3)cnc2c1.C[C@@H]1CN(c2ccnc3cc(S(C)(=O)=O)ccc23)CC[C@@H]1C(=O)N1CCn2c(nnc2C(F)(F)F)C1.Cc1cnc2cc(C(F)(F)F)ccc2c1N1CC[C@H](C(=O)N2CCn3c(nnc3C(F)(F)F)C2)[C@H](C)C1. The van der Waals surface area contributed by atoms with Gasteiger partial charge >= 0.3 is 30.9 Å². The minimum absolute atomic E-state index is 0.00436. The van der Waals surface area contributed by atoms with E-state index in [0.29, 0.717) is 104 Å². The number of rotatable bonds is 14. The number of aryl methyl sites for hydroxylation is 1. The molecule has 8 aliphatic heterocycles. The number of nitrogens with zero attached hydrogens (tertiary/aromatic N) is 24. The predicted octanol–water partition coefficient (Wildman–Crippen LogP) is 16.7. The van der Waals surface area contributed by atoms with Gasteiger partial charge in [-0.05, 0) is 153 Å². The summed E-state index contributed by atoms with van der Waals surface area (Å²) in [6.45, 7) is 17.4. The lowest BCUT2D eigenvalue weighted by molar-refractivity contribution is -0.149. The zero-order chi connectivity index (χ0) is 106. The van der Waals surface area contributed by atoms with Crippen molar-refractivity contribution < 1.29 is 103 Å². The van der Waals surface area contributed by atoms with E-state index in [0.717, 1.165) is 119 Å². The first-order chi connectivity index (χ1) is 70.1. The van der Waals surface area contributed by atoms with E-state index in [1.807, 2.05) is 65.1 Å². The van der Waals surface area contributed by atoms with E-state index in [-0.39, 0.29) is 189 Å². The highest BCUT2D eigenvalue weighted by molar-refractivity contribution is 7.90. The zero-order valence-electron chi connectivity index (χ0n) is 81.8. The van der Waals surface area contributed by atoms with E-state index in [2.05, 4.69) is 88.3 Å². The van der Waals surface area contributed by atoms with Gasteiger partial charge in [0, 0.05) is 205 Å². The topological polar surface area (TPSA) is 329 Å². The second-order valence-electron chi connectivity index (χ2n) is 39.6. The van der Waals surface area contributed by atoms with Crippen molar-refractivity contribution in [2.75, 3.05) is 112 Å². The molecule has 4 aromatic carbocycles. The van der Waals surface area contributed by atoms with Gasteiger partial charge in [0.15, 0.2) is 38.9 Å². The molecule has 1 saturated carbocycles. The number of ether oxygens (including phenoxy) is 1. The number of carbonyl (C=O) groups is 5. The van der Waals surface area contributed by atoms with Crippen LogP contribution in [-0.2, 0) is 112 Å². The minimum Gasteiger partial charge on any atom is -0.497 e. The van der Waals surface area contributed by atoms with Crippen molar-refractivity contribution in [2.45, 2.75) is 187 Å². The molecule has 8 aromatic heterocycles. The number of anilines is 4. The Kier molecular flexibility index (Phi) is 29.1. The molecule has 5 fully saturated rings. The van der Waals surface area contributed by atoms with Crippen LogP contribution in [0.1, 0.15) is 166 Å². The lowest BCUT2D eigenvalue weighted by Crippen LogP contribution is -2.49. The van der Waals surface area contributed by atoms with Gasteiger partial charge < -0.3 is 62.2 Å². The fourth-order valence-electron chi connectivity index (χ4n) is 21.9. The number of sulfone groups is 1. The fraction of sp³-hybridized carbons (Fsp3) is 0.505. The number of alkyl halides is 15. The van der Waals surface area contributed by atoms with Crippen LogP contribution in [0.2, 0.25) is 5.02 Å². The number of methoxy groups -OCH3 is 1. The molecule has 0 N–H and O–H groups in total. The van der Waals surface area contributed by atoms with Gasteiger partial charge in [-0.3, -0.25) is 43.9 Å². The Morgan fingerprint density at radius 2 is 0.784 bits per heavy atom. The smallest absolute Gasteiger partial charge is 0.451 e. The van der Waals surface area contributed by atoms with Crippen LogP contribution >= 0.6 is 11.6 Å². The van der Waals surface area contributed by atoms with Gasteiger partial charge in [0.25, 0.3) is 0 Å². The molecule has 0 radical (unpaired) electrons. The number of halogens is 16. The highest BCUT2D eigenvalue weighted by Gasteiger charge is 2.49. The second-order valence-corrected chi connectivity index (χ2v) is 42.0. The maximum absolute atomic E-state index is 13.5. The number of hydrogen-bond acceptors (Lipinski definition) is 24. The summed E-state index contributed by atoms with van der Waals surface area (Å²) in [6, 6.07) is 21.8. The summed E-state index contributed by atoms with van der Waals surface area (Å²) in [5.74, 6) is -3.56. The highest BCUT2D eigenvalue weighted by Crippen LogP contribution is 2.50. The van der Waals surface area contributed by atoms with E-state index >= 15 is 0 Å². The van der Waals surface area contributed by atoms with E-state index in [1.54, 1.807) is 70.7 Å². The normalized spacial score (nSPS) is 21.1. The maximum atomic E-state index is 13.5. The molecule has 49 heteroatoms. The van der Waals surface area contributed by atoms with Gasteiger partial charge in [0.2, 0.25) is 46.9 Å². The molecule has 32 nitrogen and oxygen atoms in total. The van der Waals surface area contributed by atoms with Crippen molar-refractivity contribution in [3.05, 3.63) is 178 Å². The van der Waals surface area contributed by atoms with Crippen molar-refractivity contribution in [3.8, 4) is 5.75 Å². The summed E-state index contributed by atoms with van der Waals surface area (Å²) in [7, 11) is -1.71. The monoisotopic (exact) mass is 2110 g/mol. The van der Waals surface area contributed by atoms with Crippen LogP contribution < -0.4 is 24.3 Å². The van der Waals surface area contributed by atoms with Gasteiger partial charge in [-0.15, -0.1) is 40.8 Å². The molecule has 0 unspecified atom stereocenters. The molecule has 148 heavy (non-hydrogen) atoms. The molecule has 0 bridgehead atoms. The third-order valence-electron chi connectivity index (χ3n) is 29.6. The maximum Gasteiger partial charge on any atom is 0.451 e. The molecule has 4 saturated heterocycles. The number of Topliss-reactive ketones (excluding diaryl/α,β-unsaturated/α-hetero) is 1. The van der Waals surface area contributed by atoms with Gasteiger partial charge in [0.1, 0.15) is 5.75 Å². The Morgan fingerprint density at radius 1 is 0.405 bits per heavy atom. The van der Waals surface area contributed by atoms with Crippen LogP contribution in [0.4, 0.5) is 88.6 Å². The van der Waals surface area contributed by atoms with Gasteiger partial charge in [-0.2, -0.15) is 65.9 Å². The third-order valence-corrected chi connectivity index (χ3v) is 31.0. The molecule has 4 amide bonds. The Hall–Kier alpha value is -13.2. The molecule has 21 rings (SSSR count). The Balaban J connectivity index is 0.000000129. The van der Waals surface area contributed by atoms with E-state index < -0.39 is 69.6 Å². The summed E-state index contributed by atoms with van der Waals surface area (Å²) in [5, 5.41) is 31.8. The van der Waals surface area contributed by atoms with Crippen molar-refractivity contribution in [3.63, 3.8) is 0 Å². The molecule has 8 atom stereocenters. The summed E-state index contributed by atoms with van der Waals surface area (Å²) in [5.41, 5.74) is 8.10. The van der Waals surface area contributed by atoms with Crippen molar-refractivity contribution in [1.29, 1.82) is 0 Å². The predicted molar refractivity (Wildman–Crippen MR) is 512 cm³/mol. The summed E-state index contributed by atoms with van der Waals surface area (Å²) >= 11 is 6.60. The minimum atomic E-state index is -4.61. The van der Waals surface area contributed by atoms with Crippen LogP contribution in [0.25, 0.3) is 43.6 Å². The number of ketones is 1. The van der Waals surface area contributed by atoms with Crippen molar-refractivity contribution in [2.24, 2.45) is 47.3 Å². The van der Waals surface area contributed by atoms with Crippen LogP contribution in [0.15, 0.2) is 109 Å². The zero-order valence-corrected chi connectivity index (χ0v) is 83.3. The lowest BCUT2D eigenvalue weighted by atomic mass is 9.84. The number of pyridine rings is 4. The number of aromatic nitrogens is 16. The molecule has 9 aliphatic rings. The molecular weight excluding hydrogens is 2010 g/mol. The molecule has 16 heterocycles. The summed E-state index contributed by atoms with van der Waals surface area (Å²) < 4.78 is 231. The van der Waals surface area contributed by atoms with Crippen LogP contribution in [0.5, 0.6) is 5.75 Å². The van der Waals surface area contributed by atoms with Crippen molar-refractivity contribution >= 4 is 117 Å². The fourth-order valence-corrected chi connectivity index (χ4v) is 22.8. The first-order valence-corrected chi connectivity index (χ1v) is 51.1. The third kappa shape index (κ3) is 21.5. The quantitative estimate of drug-likeness (QED) is 0.0721. The second kappa shape index (κ2) is 41.0. The number of hydrogen-bond donors (Lipinski definition) is 0. The van der Waals surface area contributed by atoms with Crippen molar-refractivity contribution in [1.82, 2.24) is 98.6 Å². The van der Waals surface area contributed by atoms with Gasteiger partial charge in [-0.25, -0.2) is 8.42 Å². The Labute approximate surface area is 843 Å². The number of piperidine rings is 4. The summed E-state index contributed by atoms with van der Waals surface area (Å²) in [4.78, 5) is 99.0. The first-order valence-electron chi connectivity index (χ1n) is 48.9. The van der Waals surface area contributed by atoms with Gasteiger partial charge in [-0.1, -0.05) is 58.4 Å².